The molecule has 2 heterocycles. The number of pyridine rings is 2. The SMILES string of the molecule is CN(c1ccncc1)c1ncccc1C(=O)Nc1cccc(C(F)(F)F)c1. The van der Waals surface area contributed by atoms with Crippen LogP contribution in [0.1, 0.15) is 15.9 Å². The summed E-state index contributed by atoms with van der Waals surface area (Å²) in [4.78, 5) is 22.5. The Morgan fingerprint density at radius 1 is 1.04 bits per heavy atom. The standard InChI is InChI=1S/C19H15F3N4O/c1-26(15-7-10-23-11-8-15)17-16(6-3-9-24-17)18(27)25-14-5-2-4-13(12-14)19(20,21)22/h2-12H,1H3,(H,25,27). The van der Waals surface area contributed by atoms with Gasteiger partial charge < -0.3 is 10.2 Å². The van der Waals surface area contributed by atoms with Gasteiger partial charge in [-0.25, -0.2) is 4.98 Å². The fraction of sp³-hybridized carbons (Fsp3) is 0.105. The van der Waals surface area contributed by atoms with Gasteiger partial charge in [-0.2, -0.15) is 13.2 Å². The van der Waals surface area contributed by atoms with Crippen molar-refractivity contribution < 1.29 is 18.0 Å². The molecule has 0 aliphatic heterocycles. The first-order valence-corrected chi connectivity index (χ1v) is 7.93. The molecule has 0 atom stereocenters. The summed E-state index contributed by atoms with van der Waals surface area (Å²) >= 11 is 0. The lowest BCUT2D eigenvalue weighted by atomic mass is 10.1. The highest BCUT2D eigenvalue weighted by Gasteiger charge is 2.30. The van der Waals surface area contributed by atoms with Crippen molar-refractivity contribution in [2.75, 3.05) is 17.3 Å². The Balaban J connectivity index is 1.88. The van der Waals surface area contributed by atoms with Crippen LogP contribution in [0.5, 0.6) is 0 Å². The fourth-order valence-electron chi connectivity index (χ4n) is 2.50. The predicted octanol–water partition coefficient (Wildman–Crippen LogP) is 4.52. The maximum atomic E-state index is 12.9. The Kier molecular flexibility index (Phi) is 5.07. The smallest absolute Gasteiger partial charge is 0.329 e. The second kappa shape index (κ2) is 7.45. The van der Waals surface area contributed by atoms with E-state index in [0.717, 1.165) is 17.8 Å². The van der Waals surface area contributed by atoms with Gasteiger partial charge >= 0.3 is 6.18 Å². The Bertz CT molecular complexity index is 945. The van der Waals surface area contributed by atoms with E-state index in [0.29, 0.717) is 5.82 Å². The number of hydrogen-bond acceptors (Lipinski definition) is 4. The number of halogens is 3. The summed E-state index contributed by atoms with van der Waals surface area (Å²) in [6.45, 7) is 0. The number of nitrogens with one attached hydrogen (secondary N) is 1. The van der Waals surface area contributed by atoms with Crippen LogP contribution in [-0.4, -0.2) is 22.9 Å². The molecule has 0 bridgehead atoms. The molecule has 0 spiro atoms. The zero-order valence-corrected chi connectivity index (χ0v) is 14.2. The third-order valence-electron chi connectivity index (χ3n) is 3.85. The molecular formula is C19H15F3N4O. The molecule has 0 radical (unpaired) electrons. The van der Waals surface area contributed by atoms with Crippen LogP contribution in [0.25, 0.3) is 0 Å². The first kappa shape index (κ1) is 18.4. The Hall–Kier alpha value is -3.42. The predicted molar refractivity (Wildman–Crippen MR) is 95.9 cm³/mol. The average Bonchev–Trinajstić information content (AvgIpc) is 2.67. The van der Waals surface area contributed by atoms with Crippen LogP contribution in [0.15, 0.2) is 67.1 Å². The molecule has 1 amide bonds. The van der Waals surface area contributed by atoms with Crippen LogP contribution in [0.2, 0.25) is 0 Å². The van der Waals surface area contributed by atoms with E-state index in [1.165, 1.54) is 18.3 Å². The average molecular weight is 372 g/mol. The lowest BCUT2D eigenvalue weighted by molar-refractivity contribution is -0.137. The number of rotatable bonds is 4. The maximum Gasteiger partial charge on any atom is 0.416 e. The summed E-state index contributed by atoms with van der Waals surface area (Å²) in [6.07, 6.45) is 0.268. The van der Waals surface area contributed by atoms with Crippen LogP contribution < -0.4 is 10.2 Å². The fourth-order valence-corrected chi connectivity index (χ4v) is 2.50. The van der Waals surface area contributed by atoms with Gasteiger partial charge in [0.2, 0.25) is 0 Å². The van der Waals surface area contributed by atoms with Crippen LogP contribution in [-0.2, 0) is 6.18 Å². The Labute approximate surface area is 153 Å². The van der Waals surface area contributed by atoms with Crippen LogP contribution >= 0.6 is 0 Å². The number of carbonyl (C=O) groups is 1. The van der Waals surface area contributed by atoms with Gasteiger partial charge in [0.1, 0.15) is 5.82 Å². The summed E-state index contributed by atoms with van der Waals surface area (Å²) < 4.78 is 38.6. The van der Waals surface area contributed by atoms with Crippen molar-refractivity contribution in [1.29, 1.82) is 0 Å². The molecule has 1 aromatic carbocycles. The molecule has 1 N–H and O–H groups in total. The van der Waals surface area contributed by atoms with Crippen molar-refractivity contribution >= 4 is 23.1 Å². The van der Waals surface area contributed by atoms with E-state index in [1.807, 2.05) is 0 Å². The minimum atomic E-state index is -4.48. The highest BCUT2D eigenvalue weighted by Crippen LogP contribution is 2.31. The van der Waals surface area contributed by atoms with Crippen molar-refractivity contribution in [3.05, 3.63) is 78.2 Å². The molecule has 27 heavy (non-hydrogen) atoms. The number of aromatic nitrogens is 2. The number of amides is 1. The number of nitrogens with zero attached hydrogens (tertiary/aromatic N) is 3. The normalized spacial score (nSPS) is 11.1. The van der Waals surface area contributed by atoms with Crippen LogP contribution in [0.4, 0.5) is 30.4 Å². The summed E-state index contributed by atoms with van der Waals surface area (Å²) in [5, 5.41) is 2.50. The number of anilines is 3. The third kappa shape index (κ3) is 4.22. The minimum Gasteiger partial charge on any atom is -0.329 e. The molecule has 0 fully saturated rings. The minimum absolute atomic E-state index is 0.0520. The summed E-state index contributed by atoms with van der Waals surface area (Å²) in [5.41, 5.74) is 0.211. The number of alkyl halides is 3. The van der Waals surface area contributed by atoms with Crippen molar-refractivity contribution in [1.82, 2.24) is 9.97 Å². The molecule has 138 valence electrons. The first-order chi connectivity index (χ1) is 12.9. The van der Waals surface area contributed by atoms with E-state index >= 15 is 0 Å². The number of benzene rings is 1. The molecule has 2 aromatic heterocycles. The topological polar surface area (TPSA) is 58.1 Å². The molecule has 0 saturated carbocycles. The van der Waals surface area contributed by atoms with Gasteiger partial charge in [-0.1, -0.05) is 6.07 Å². The van der Waals surface area contributed by atoms with E-state index in [1.54, 1.807) is 48.6 Å². The van der Waals surface area contributed by atoms with Gasteiger partial charge in [-0.3, -0.25) is 9.78 Å². The highest BCUT2D eigenvalue weighted by molar-refractivity contribution is 6.08. The van der Waals surface area contributed by atoms with Crippen molar-refractivity contribution in [2.24, 2.45) is 0 Å². The second-order valence-corrected chi connectivity index (χ2v) is 5.67. The van der Waals surface area contributed by atoms with E-state index < -0.39 is 17.6 Å². The van der Waals surface area contributed by atoms with E-state index in [-0.39, 0.29) is 11.3 Å². The quantitative estimate of drug-likeness (QED) is 0.732. The van der Waals surface area contributed by atoms with Gasteiger partial charge in [0.05, 0.1) is 11.1 Å². The lowest BCUT2D eigenvalue weighted by Crippen LogP contribution is -2.20. The van der Waals surface area contributed by atoms with E-state index in [2.05, 4.69) is 15.3 Å². The van der Waals surface area contributed by atoms with Gasteiger partial charge in [-0.05, 0) is 42.5 Å². The number of hydrogen-bond donors (Lipinski definition) is 1. The first-order valence-electron chi connectivity index (χ1n) is 7.93. The van der Waals surface area contributed by atoms with Gasteiger partial charge in [0.15, 0.2) is 0 Å². The zero-order chi connectivity index (χ0) is 19.4. The van der Waals surface area contributed by atoms with Crippen molar-refractivity contribution in [2.45, 2.75) is 6.18 Å². The monoisotopic (exact) mass is 372 g/mol. The summed E-state index contributed by atoms with van der Waals surface area (Å²) in [5.74, 6) is -0.188. The Morgan fingerprint density at radius 2 is 1.78 bits per heavy atom. The zero-order valence-electron chi connectivity index (χ0n) is 14.2. The highest BCUT2D eigenvalue weighted by atomic mass is 19.4. The molecule has 0 aliphatic rings. The van der Waals surface area contributed by atoms with Crippen LogP contribution in [0.3, 0.4) is 0 Å². The third-order valence-corrected chi connectivity index (χ3v) is 3.85. The molecule has 3 rings (SSSR count). The summed E-state index contributed by atoms with van der Waals surface area (Å²) in [6, 6.07) is 11.1. The molecule has 0 aliphatic carbocycles. The molecule has 0 unspecified atom stereocenters. The molecule has 5 nitrogen and oxygen atoms in total. The molecule has 8 heteroatoms. The number of carbonyl (C=O) groups excluding carboxylic acids is 1. The molecule has 3 aromatic rings. The van der Waals surface area contributed by atoms with Crippen molar-refractivity contribution in [3.63, 3.8) is 0 Å². The van der Waals surface area contributed by atoms with E-state index in [9.17, 15) is 18.0 Å². The van der Waals surface area contributed by atoms with Gasteiger partial charge in [-0.15, -0.1) is 0 Å². The van der Waals surface area contributed by atoms with Gasteiger partial charge in [0.25, 0.3) is 5.91 Å². The van der Waals surface area contributed by atoms with Crippen LogP contribution in [0, 0.1) is 0 Å². The lowest BCUT2D eigenvalue weighted by Gasteiger charge is -2.20. The Morgan fingerprint density at radius 3 is 2.48 bits per heavy atom. The summed E-state index contributed by atoms with van der Waals surface area (Å²) in [7, 11) is 1.73. The second-order valence-electron chi connectivity index (χ2n) is 5.67. The largest absolute Gasteiger partial charge is 0.416 e. The molecular weight excluding hydrogens is 357 g/mol. The van der Waals surface area contributed by atoms with E-state index in [4.69, 9.17) is 0 Å². The molecule has 0 saturated heterocycles. The maximum absolute atomic E-state index is 12.9. The van der Waals surface area contributed by atoms with Crippen molar-refractivity contribution in [3.8, 4) is 0 Å². The van der Waals surface area contributed by atoms with Gasteiger partial charge in [0, 0.05) is 37.0 Å².